The molecule has 10 heteroatoms. The molecule has 0 aliphatic rings. The molecular weight excluding hydrogens is 185 g/mol. The lowest BCUT2D eigenvalue weighted by molar-refractivity contribution is -0.742. The molecule has 0 spiro atoms. The molecule has 0 amide bonds. The molecule has 0 aromatic rings. The van der Waals surface area contributed by atoms with E-state index >= 15 is 0 Å². The average Bonchev–Trinajstić information content (AvgIpc) is 1.52. The Morgan fingerprint density at radius 2 is 1.75 bits per heavy atom. The van der Waals surface area contributed by atoms with Crippen molar-refractivity contribution in [2.45, 2.75) is 6.30 Å². The van der Waals surface area contributed by atoms with Crippen LogP contribution in [0.3, 0.4) is 0 Å². The van der Waals surface area contributed by atoms with Gasteiger partial charge >= 0.3 is 6.30 Å². The van der Waals surface area contributed by atoms with Crippen molar-refractivity contribution in [2.75, 3.05) is 0 Å². The monoisotopic (exact) mass is 190 g/mol. The number of nitrogens with zero attached hydrogens (tertiary/aromatic N) is 2. The lowest BCUT2D eigenvalue weighted by atomic mass is 11.0. The largest absolute Gasteiger partial charge is 0.506 e. The van der Waals surface area contributed by atoms with Crippen molar-refractivity contribution >= 4 is 5.96 Å². The number of alkyl halides is 3. The zero-order chi connectivity index (χ0) is 10.4. The van der Waals surface area contributed by atoms with Gasteiger partial charge in [0.25, 0.3) is 5.09 Å². The van der Waals surface area contributed by atoms with Gasteiger partial charge in [-0.2, -0.15) is 4.99 Å². The van der Waals surface area contributed by atoms with Gasteiger partial charge in [0.05, 0.1) is 0 Å². The third kappa shape index (κ3) is 41.0. The van der Waals surface area contributed by atoms with E-state index in [0.717, 1.165) is 0 Å². The molecule has 0 saturated heterocycles. The summed E-state index contributed by atoms with van der Waals surface area (Å²) in [6, 6.07) is 0. The van der Waals surface area contributed by atoms with Crippen molar-refractivity contribution in [3.05, 3.63) is 10.1 Å². The van der Waals surface area contributed by atoms with Gasteiger partial charge in [-0.25, -0.2) is 0 Å². The van der Waals surface area contributed by atoms with Crippen LogP contribution in [-0.2, 0) is 0 Å². The number of guanidine groups is 1. The molecule has 12 heavy (non-hydrogen) atoms. The minimum absolute atomic E-state index is 0.975. The third-order valence-corrected chi connectivity index (χ3v) is 0.256. The van der Waals surface area contributed by atoms with Crippen LogP contribution in [0.25, 0.3) is 0 Å². The Balaban J connectivity index is 0. The summed E-state index contributed by atoms with van der Waals surface area (Å²) in [5.74, 6) is -0.975. The highest BCUT2D eigenvalue weighted by Gasteiger charge is 2.25. The first-order valence-electron chi connectivity index (χ1n) is 2.16. The fourth-order valence-electron chi connectivity index (χ4n) is 0.146. The van der Waals surface area contributed by atoms with Crippen molar-refractivity contribution in [1.82, 2.24) is 0 Å². The van der Waals surface area contributed by atoms with Crippen molar-refractivity contribution in [1.29, 1.82) is 0 Å². The smallest absolute Gasteiger partial charge is 0.370 e. The summed E-state index contributed by atoms with van der Waals surface area (Å²) in [5, 5.41) is 13.6. The van der Waals surface area contributed by atoms with Crippen LogP contribution in [-0.4, -0.2) is 22.6 Å². The number of nitrogens with two attached hydrogens (primary N) is 2. The SMILES string of the molecule is NC(N)=NC(F)(F)F.O=[N+]([O-])O. The van der Waals surface area contributed by atoms with Crippen LogP contribution >= 0.6 is 0 Å². The molecule has 0 aromatic heterocycles. The summed E-state index contributed by atoms with van der Waals surface area (Å²) >= 11 is 0. The van der Waals surface area contributed by atoms with E-state index in [1.165, 1.54) is 0 Å². The van der Waals surface area contributed by atoms with E-state index in [4.69, 9.17) is 15.3 Å². The van der Waals surface area contributed by atoms with Gasteiger partial charge in [0.15, 0.2) is 5.96 Å². The number of halogens is 3. The lowest BCUT2D eigenvalue weighted by Gasteiger charge is -1.95. The molecule has 0 bridgehead atoms. The molecule has 0 rings (SSSR count). The quantitative estimate of drug-likeness (QED) is 0.155. The first-order chi connectivity index (χ1) is 5.15. The maximum absolute atomic E-state index is 11.0. The third-order valence-electron chi connectivity index (χ3n) is 0.256. The number of aliphatic imine (C=N–C) groups is 1. The van der Waals surface area contributed by atoms with Gasteiger partial charge in [0.2, 0.25) is 0 Å². The van der Waals surface area contributed by atoms with Crippen LogP contribution < -0.4 is 11.5 Å². The molecule has 72 valence electrons. The van der Waals surface area contributed by atoms with Gasteiger partial charge < -0.3 is 16.7 Å². The normalized spacial score (nSPS) is 9.25. The Kier molecular flexibility index (Phi) is 5.35. The van der Waals surface area contributed by atoms with Crippen LogP contribution in [0.2, 0.25) is 0 Å². The van der Waals surface area contributed by atoms with Crippen molar-refractivity contribution in [3.63, 3.8) is 0 Å². The van der Waals surface area contributed by atoms with Crippen molar-refractivity contribution < 1.29 is 23.5 Å². The first-order valence-corrected chi connectivity index (χ1v) is 2.16. The predicted molar refractivity (Wildman–Crippen MR) is 30.6 cm³/mol. The molecule has 0 atom stereocenters. The van der Waals surface area contributed by atoms with Gasteiger partial charge in [-0.15, -0.1) is 23.3 Å². The van der Waals surface area contributed by atoms with Gasteiger partial charge in [0.1, 0.15) is 0 Å². The van der Waals surface area contributed by atoms with E-state index in [2.05, 4.69) is 11.5 Å². The summed E-state index contributed by atoms with van der Waals surface area (Å²) in [6.45, 7) is 0. The topological polar surface area (TPSA) is 128 Å². The highest BCUT2D eigenvalue weighted by Crippen LogP contribution is 2.14. The van der Waals surface area contributed by atoms with E-state index in [0.29, 0.717) is 0 Å². The first kappa shape index (κ1) is 12.9. The van der Waals surface area contributed by atoms with Gasteiger partial charge in [-0.3, -0.25) is 0 Å². The van der Waals surface area contributed by atoms with E-state index in [-0.39, 0.29) is 0 Å². The lowest BCUT2D eigenvalue weighted by Crippen LogP contribution is -2.26. The summed E-state index contributed by atoms with van der Waals surface area (Å²) in [6.07, 6.45) is -4.64. The zero-order valence-corrected chi connectivity index (χ0v) is 5.45. The fourth-order valence-corrected chi connectivity index (χ4v) is 0.146. The molecule has 5 N–H and O–H groups in total. The van der Waals surface area contributed by atoms with Gasteiger partial charge in [0, 0.05) is 0 Å². The highest BCUT2D eigenvalue weighted by molar-refractivity contribution is 5.75. The second-order valence-corrected chi connectivity index (χ2v) is 1.24. The Bertz CT molecular complexity index is 169. The minimum Gasteiger partial charge on any atom is -0.370 e. The summed E-state index contributed by atoms with van der Waals surface area (Å²) in [7, 11) is 0. The predicted octanol–water partition coefficient (Wildman–Crippen LogP) is -0.568. The van der Waals surface area contributed by atoms with Crippen molar-refractivity contribution in [2.24, 2.45) is 16.5 Å². The second kappa shape index (κ2) is 4.98. The Morgan fingerprint density at radius 1 is 1.50 bits per heavy atom. The maximum atomic E-state index is 11.0. The molecule has 0 aliphatic carbocycles. The van der Waals surface area contributed by atoms with Gasteiger partial charge in [-0.05, 0) is 0 Å². The second-order valence-electron chi connectivity index (χ2n) is 1.24. The Hall–Kier alpha value is -1.74. The van der Waals surface area contributed by atoms with Crippen LogP contribution in [0.15, 0.2) is 4.99 Å². The van der Waals surface area contributed by atoms with Crippen LogP contribution in [0, 0.1) is 10.1 Å². The Labute approximate surface area is 63.6 Å². The standard InChI is InChI=1S/C2H4F3N3.HNO3/c3-2(4,5)8-1(6)7;2-1(3)4/h(H4,6,7,8);(H,2,3,4). The van der Waals surface area contributed by atoms with Crippen LogP contribution in [0.1, 0.15) is 0 Å². The average molecular weight is 190 g/mol. The highest BCUT2D eigenvalue weighted by atomic mass is 19.4. The molecular formula is C2H5F3N4O3. The number of hydrogen-bond donors (Lipinski definition) is 3. The zero-order valence-electron chi connectivity index (χ0n) is 5.45. The van der Waals surface area contributed by atoms with Crippen LogP contribution in [0.5, 0.6) is 0 Å². The molecule has 0 heterocycles. The van der Waals surface area contributed by atoms with Gasteiger partial charge in [-0.1, -0.05) is 0 Å². The number of hydrogen-bond acceptors (Lipinski definition) is 3. The van der Waals surface area contributed by atoms with E-state index in [1.54, 1.807) is 0 Å². The Morgan fingerprint density at radius 3 is 1.75 bits per heavy atom. The summed E-state index contributed by atoms with van der Waals surface area (Å²) in [5.41, 5.74) is 8.77. The van der Waals surface area contributed by atoms with E-state index < -0.39 is 17.3 Å². The van der Waals surface area contributed by atoms with Crippen molar-refractivity contribution in [3.8, 4) is 0 Å². The maximum Gasteiger partial charge on any atom is 0.506 e. The molecule has 0 radical (unpaired) electrons. The fraction of sp³-hybridized carbons (Fsp3) is 0.500. The minimum atomic E-state index is -4.64. The molecule has 0 aromatic carbocycles. The summed E-state index contributed by atoms with van der Waals surface area (Å²) < 4.78 is 32.9. The molecule has 0 fully saturated rings. The molecule has 0 saturated carbocycles. The summed E-state index contributed by atoms with van der Waals surface area (Å²) in [4.78, 5) is 10.2. The molecule has 0 unspecified atom stereocenters. The van der Waals surface area contributed by atoms with E-state index in [1.807, 2.05) is 4.99 Å². The molecule has 0 aliphatic heterocycles. The number of rotatable bonds is 0. The van der Waals surface area contributed by atoms with E-state index in [9.17, 15) is 13.2 Å². The molecule has 7 nitrogen and oxygen atoms in total. The van der Waals surface area contributed by atoms with Crippen LogP contribution in [0.4, 0.5) is 13.2 Å².